The molecule has 1 N–H and O–H groups in total. The van der Waals surface area contributed by atoms with Gasteiger partial charge in [-0.3, -0.25) is 4.79 Å². The van der Waals surface area contributed by atoms with Crippen molar-refractivity contribution in [1.82, 2.24) is 10.3 Å². The topological polar surface area (TPSA) is 60.5 Å². The summed E-state index contributed by atoms with van der Waals surface area (Å²) in [5, 5.41) is 3.64. The van der Waals surface area contributed by atoms with E-state index in [4.69, 9.17) is 32.7 Å². The number of ether oxygens (including phenoxy) is 2. The first-order chi connectivity index (χ1) is 11.1. The van der Waals surface area contributed by atoms with Gasteiger partial charge in [0.25, 0.3) is 5.91 Å². The minimum atomic E-state index is -0.196. The smallest absolute Gasteiger partial charge is 0.251 e. The van der Waals surface area contributed by atoms with E-state index in [2.05, 4.69) is 10.3 Å². The largest absolute Gasteiger partial charge is 0.486 e. The number of nitrogens with zero attached hydrogens (tertiary/aromatic N) is 1. The number of fused-ring (bicyclic) bond motifs is 1. The van der Waals surface area contributed by atoms with Gasteiger partial charge in [-0.05, 0) is 36.2 Å². The second kappa shape index (κ2) is 7.06. The number of halogens is 2. The molecule has 2 heterocycles. The third-order valence-electron chi connectivity index (χ3n) is 3.34. The molecule has 0 saturated heterocycles. The van der Waals surface area contributed by atoms with Gasteiger partial charge < -0.3 is 14.8 Å². The summed E-state index contributed by atoms with van der Waals surface area (Å²) in [5.41, 5.74) is 1.44. The summed E-state index contributed by atoms with van der Waals surface area (Å²) >= 11 is 12.0. The Labute approximate surface area is 143 Å². The SMILES string of the molecule is O=C(NCCc1cc(Cl)c2c(c1)OCCO2)c1ccnc(Cl)c1. The quantitative estimate of drug-likeness (QED) is 0.858. The average Bonchev–Trinajstić information content (AvgIpc) is 2.55. The highest BCUT2D eigenvalue weighted by molar-refractivity contribution is 6.32. The minimum absolute atomic E-state index is 0.196. The molecule has 0 unspecified atom stereocenters. The minimum Gasteiger partial charge on any atom is -0.486 e. The number of carbonyl (C=O) groups is 1. The summed E-state index contributed by atoms with van der Waals surface area (Å²) in [4.78, 5) is 15.9. The van der Waals surface area contributed by atoms with E-state index in [1.807, 2.05) is 12.1 Å². The fourth-order valence-electron chi connectivity index (χ4n) is 2.27. The van der Waals surface area contributed by atoms with Crippen molar-refractivity contribution in [3.8, 4) is 11.5 Å². The van der Waals surface area contributed by atoms with E-state index in [0.29, 0.717) is 48.3 Å². The maximum atomic E-state index is 12.0. The molecule has 1 aliphatic rings. The van der Waals surface area contributed by atoms with Crippen LogP contribution in [0.1, 0.15) is 15.9 Å². The molecule has 0 saturated carbocycles. The van der Waals surface area contributed by atoms with Gasteiger partial charge in [-0.1, -0.05) is 23.2 Å². The number of pyridine rings is 1. The van der Waals surface area contributed by atoms with Crippen LogP contribution in [0.4, 0.5) is 0 Å². The van der Waals surface area contributed by atoms with Gasteiger partial charge >= 0.3 is 0 Å². The Morgan fingerprint density at radius 1 is 1.22 bits per heavy atom. The van der Waals surface area contributed by atoms with Crippen LogP contribution in [0, 0.1) is 0 Å². The summed E-state index contributed by atoms with van der Waals surface area (Å²) in [7, 11) is 0. The first-order valence-corrected chi connectivity index (χ1v) is 7.87. The van der Waals surface area contributed by atoms with Crippen LogP contribution >= 0.6 is 23.2 Å². The van der Waals surface area contributed by atoms with Crippen LogP contribution < -0.4 is 14.8 Å². The Morgan fingerprint density at radius 3 is 2.87 bits per heavy atom. The highest BCUT2D eigenvalue weighted by Gasteiger charge is 2.16. The fourth-order valence-corrected chi connectivity index (χ4v) is 2.74. The van der Waals surface area contributed by atoms with E-state index in [1.54, 1.807) is 6.07 Å². The third kappa shape index (κ3) is 3.86. The number of rotatable bonds is 4. The van der Waals surface area contributed by atoms with Crippen LogP contribution in [0.2, 0.25) is 10.2 Å². The molecule has 0 fully saturated rings. The molecule has 1 aromatic carbocycles. The van der Waals surface area contributed by atoms with E-state index >= 15 is 0 Å². The molecule has 3 rings (SSSR count). The molecule has 0 atom stereocenters. The number of hydrogen-bond donors (Lipinski definition) is 1. The van der Waals surface area contributed by atoms with Crippen LogP contribution in [-0.4, -0.2) is 30.6 Å². The van der Waals surface area contributed by atoms with Gasteiger partial charge in [-0.2, -0.15) is 0 Å². The van der Waals surface area contributed by atoms with E-state index < -0.39 is 0 Å². The van der Waals surface area contributed by atoms with E-state index in [1.165, 1.54) is 12.3 Å². The average molecular weight is 353 g/mol. The van der Waals surface area contributed by atoms with Gasteiger partial charge in [-0.15, -0.1) is 0 Å². The first-order valence-electron chi connectivity index (χ1n) is 7.11. The zero-order valence-corrected chi connectivity index (χ0v) is 13.7. The predicted octanol–water partition coefficient (Wildman–Crippen LogP) is 3.13. The highest BCUT2D eigenvalue weighted by atomic mass is 35.5. The number of hydrogen-bond acceptors (Lipinski definition) is 4. The molecule has 1 aliphatic heterocycles. The Kier molecular flexibility index (Phi) is 4.88. The van der Waals surface area contributed by atoms with Crippen LogP contribution in [0.25, 0.3) is 0 Å². The highest BCUT2D eigenvalue weighted by Crippen LogP contribution is 2.38. The molecular formula is C16H14Cl2N2O3. The third-order valence-corrected chi connectivity index (χ3v) is 3.83. The van der Waals surface area contributed by atoms with E-state index in [-0.39, 0.29) is 11.1 Å². The van der Waals surface area contributed by atoms with Crippen molar-refractivity contribution in [2.75, 3.05) is 19.8 Å². The lowest BCUT2D eigenvalue weighted by Crippen LogP contribution is -2.25. The first kappa shape index (κ1) is 15.9. The summed E-state index contributed by atoms with van der Waals surface area (Å²) < 4.78 is 11.0. The standard InChI is InChI=1S/C16H14Cl2N2O3/c17-12-7-10(8-13-15(12)23-6-5-22-13)1-3-20-16(21)11-2-4-19-14(18)9-11/h2,4,7-9H,1,3,5-6H2,(H,20,21). The Bertz CT molecular complexity index is 737. The van der Waals surface area contributed by atoms with Gasteiger partial charge in [0.1, 0.15) is 18.4 Å². The molecule has 7 heteroatoms. The van der Waals surface area contributed by atoms with Crippen LogP contribution in [0.15, 0.2) is 30.5 Å². The summed E-state index contributed by atoms with van der Waals surface area (Å²) in [5.74, 6) is 1.03. The second-order valence-electron chi connectivity index (χ2n) is 4.97. The molecule has 1 aromatic heterocycles. The molecule has 0 aliphatic carbocycles. The van der Waals surface area contributed by atoms with Gasteiger partial charge in [0, 0.05) is 18.3 Å². The number of benzene rings is 1. The summed E-state index contributed by atoms with van der Waals surface area (Å²) in [6.45, 7) is 1.47. The molecule has 0 radical (unpaired) electrons. The number of nitrogens with one attached hydrogen (secondary N) is 1. The van der Waals surface area contributed by atoms with Crippen molar-refractivity contribution in [3.05, 3.63) is 51.8 Å². The number of amides is 1. The van der Waals surface area contributed by atoms with Crippen LogP contribution in [0.5, 0.6) is 11.5 Å². The molecular weight excluding hydrogens is 339 g/mol. The number of aromatic nitrogens is 1. The zero-order valence-electron chi connectivity index (χ0n) is 12.1. The molecule has 0 spiro atoms. The van der Waals surface area contributed by atoms with Crippen molar-refractivity contribution < 1.29 is 14.3 Å². The molecule has 23 heavy (non-hydrogen) atoms. The second-order valence-corrected chi connectivity index (χ2v) is 5.77. The molecule has 2 aromatic rings. The molecule has 5 nitrogen and oxygen atoms in total. The normalized spacial score (nSPS) is 12.8. The van der Waals surface area contributed by atoms with Gasteiger partial charge in [0.05, 0.1) is 5.02 Å². The van der Waals surface area contributed by atoms with Crippen molar-refractivity contribution in [2.45, 2.75) is 6.42 Å². The maximum Gasteiger partial charge on any atom is 0.251 e. The monoisotopic (exact) mass is 352 g/mol. The van der Waals surface area contributed by atoms with Crippen molar-refractivity contribution >= 4 is 29.1 Å². The van der Waals surface area contributed by atoms with E-state index in [9.17, 15) is 4.79 Å². The fraction of sp³-hybridized carbons (Fsp3) is 0.250. The van der Waals surface area contributed by atoms with Crippen LogP contribution in [-0.2, 0) is 6.42 Å². The predicted molar refractivity (Wildman–Crippen MR) is 87.7 cm³/mol. The van der Waals surface area contributed by atoms with Gasteiger partial charge in [0.15, 0.2) is 11.5 Å². The molecule has 120 valence electrons. The van der Waals surface area contributed by atoms with Crippen LogP contribution in [0.3, 0.4) is 0 Å². The lowest BCUT2D eigenvalue weighted by Gasteiger charge is -2.20. The summed E-state index contributed by atoms with van der Waals surface area (Å²) in [6, 6.07) is 6.85. The Balaban J connectivity index is 1.60. The molecule has 1 amide bonds. The maximum absolute atomic E-state index is 12.0. The lowest BCUT2D eigenvalue weighted by atomic mass is 10.1. The van der Waals surface area contributed by atoms with Crippen molar-refractivity contribution in [2.24, 2.45) is 0 Å². The van der Waals surface area contributed by atoms with Crippen molar-refractivity contribution in [1.29, 1.82) is 0 Å². The number of carbonyl (C=O) groups excluding carboxylic acids is 1. The van der Waals surface area contributed by atoms with Gasteiger partial charge in [0.2, 0.25) is 0 Å². The van der Waals surface area contributed by atoms with E-state index in [0.717, 1.165) is 5.56 Å². The summed E-state index contributed by atoms with van der Waals surface area (Å²) in [6.07, 6.45) is 2.12. The Morgan fingerprint density at radius 2 is 2.04 bits per heavy atom. The Hall–Kier alpha value is -1.98. The van der Waals surface area contributed by atoms with Crippen molar-refractivity contribution in [3.63, 3.8) is 0 Å². The van der Waals surface area contributed by atoms with Gasteiger partial charge in [-0.25, -0.2) is 4.98 Å². The zero-order chi connectivity index (χ0) is 16.2. The molecule has 0 bridgehead atoms. The lowest BCUT2D eigenvalue weighted by molar-refractivity contribution is 0.0954.